The zero-order valence-electron chi connectivity index (χ0n) is 16.7. The zero-order chi connectivity index (χ0) is 20.5. The Morgan fingerprint density at radius 1 is 0.964 bits per heavy atom. The largest absolute Gasteiger partial charge is 0.493 e. The van der Waals surface area contributed by atoms with Crippen LogP contribution in [0, 0.1) is 0 Å². The van der Waals surface area contributed by atoms with E-state index in [-0.39, 0.29) is 0 Å². The second-order valence-electron chi connectivity index (χ2n) is 6.42. The van der Waals surface area contributed by atoms with Crippen LogP contribution in [0.5, 0.6) is 11.5 Å². The van der Waals surface area contributed by atoms with Gasteiger partial charge in [0.05, 0.1) is 13.7 Å². The number of carbonyl (C=O) groups excluding carboxylic acids is 2. The molecule has 150 valence electrons. The van der Waals surface area contributed by atoms with Crippen LogP contribution in [0.25, 0.3) is 0 Å². The molecule has 0 bridgehead atoms. The molecule has 2 amide bonds. The Kier molecular flexibility index (Phi) is 7.68. The lowest BCUT2D eigenvalue weighted by Gasteiger charge is -2.14. The van der Waals surface area contributed by atoms with Crippen molar-refractivity contribution in [3.05, 3.63) is 53.6 Å². The maximum Gasteiger partial charge on any atom is 0.269 e. The van der Waals surface area contributed by atoms with Gasteiger partial charge in [0.2, 0.25) is 0 Å². The maximum atomic E-state index is 12.4. The highest BCUT2D eigenvalue weighted by molar-refractivity contribution is 5.99. The van der Waals surface area contributed by atoms with Gasteiger partial charge >= 0.3 is 0 Å². The highest BCUT2D eigenvalue weighted by atomic mass is 16.5. The number of hydrogen-bond acceptors (Lipinski definition) is 5. The Labute approximate surface area is 165 Å². The van der Waals surface area contributed by atoms with Gasteiger partial charge in [-0.15, -0.1) is 0 Å². The molecule has 7 nitrogen and oxygen atoms in total. The van der Waals surface area contributed by atoms with Gasteiger partial charge in [-0.3, -0.25) is 20.4 Å². The summed E-state index contributed by atoms with van der Waals surface area (Å²) in [6.07, 6.45) is 1.96. The molecule has 0 heterocycles. The summed E-state index contributed by atoms with van der Waals surface area (Å²) in [5.41, 5.74) is 6.54. The average Bonchev–Trinajstić information content (AvgIpc) is 2.72. The molecule has 28 heavy (non-hydrogen) atoms. The van der Waals surface area contributed by atoms with E-state index in [1.807, 2.05) is 25.1 Å². The molecule has 2 rings (SSSR count). The van der Waals surface area contributed by atoms with Gasteiger partial charge in [-0.25, -0.2) is 0 Å². The van der Waals surface area contributed by atoms with Crippen molar-refractivity contribution in [2.24, 2.45) is 0 Å². The molecule has 2 aromatic rings. The molecule has 0 unspecified atom stereocenters. The fourth-order valence-corrected chi connectivity index (χ4v) is 2.44. The number of anilines is 1. The predicted molar refractivity (Wildman–Crippen MR) is 109 cm³/mol. The number of methoxy groups -OCH3 is 1. The van der Waals surface area contributed by atoms with Gasteiger partial charge in [0, 0.05) is 30.9 Å². The number of nitrogens with zero attached hydrogens (tertiary/aromatic N) is 1. The predicted octanol–water partition coefficient (Wildman–Crippen LogP) is 3.01. The molecule has 0 aromatic heterocycles. The van der Waals surface area contributed by atoms with Crippen LogP contribution in [-0.2, 0) is 0 Å². The van der Waals surface area contributed by atoms with E-state index in [9.17, 15) is 9.59 Å². The lowest BCUT2D eigenvalue weighted by Crippen LogP contribution is -2.41. The molecule has 0 aliphatic rings. The first-order chi connectivity index (χ1) is 13.5. The number of benzene rings is 2. The number of hydrogen-bond donors (Lipinski definition) is 2. The first kappa shape index (κ1) is 21.1. The molecule has 0 saturated carbocycles. The van der Waals surface area contributed by atoms with Gasteiger partial charge < -0.3 is 14.4 Å². The molecule has 0 saturated heterocycles. The summed E-state index contributed by atoms with van der Waals surface area (Å²) >= 11 is 0. The smallest absolute Gasteiger partial charge is 0.269 e. The van der Waals surface area contributed by atoms with Gasteiger partial charge in [-0.1, -0.05) is 19.4 Å². The van der Waals surface area contributed by atoms with Crippen molar-refractivity contribution in [1.29, 1.82) is 0 Å². The molecule has 2 aromatic carbocycles. The summed E-state index contributed by atoms with van der Waals surface area (Å²) in [4.78, 5) is 26.5. The Morgan fingerprint density at radius 3 is 2.25 bits per heavy atom. The summed E-state index contributed by atoms with van der Waals surface area (Å²) in [6, 6.07) is 12.0. The van der Waals surface area contributed by atoms with Crippen molar-refractivity contribution in [3.63, 3.8) is 0 Å². The number of nitrogens with one attached hydrogen (secondary N) is 2. The number of amides is 2. The fourth-order valence-electron chi connectivity index (χ4n) is 2.44. The molecule has 7 heteroatoms. The third-order valence-corrected chi connectivity index (χ3v) is 4.10. The van der Waals surface area contributed by atoms with E-state index in [0.29, 0.717) is 29.2 Å². The van der Waals surface area contributed by atoms with Crippen LogP contribution in [0.2, 0.25) is 0 Å². The topological polar surface area (TPSA) is 79.9 Å². The van der Waals surface area contributed by atoms with E-state index in [2.05, 4.69) is 17.8 Å². The number of carbonyl (C=O) groups is 2. The average molecular weight is 385 g/mol. The zero-order valence-corrected chi connectivity index (χ0v) is 16.7. The van der Waals surface area contributed by atoms with Crippen molar-refractivity contribution in [1.82, 2.24) is 10.9 Å². The second kappa shape index (κ2) is 10.2. The summed E-state index contributed by atoms with van der Waals surface area (Å²) < 4.78 is 11.0. The van der Waals surface area contributed by atoms with Crippen LogP contribution in [0.1, 0.15) is 40.5 Å². The minimum atomic E-state index is -0.449. The van der Waals surface area contributed by atoms with Crippen LogP contribution in [0.4, 0.5) is 5.69 Å². The van der Waals surface area contributed by atoms with E-state index in [1.54, 1.807) is 36.4 Å². The summed E-state index contributed by atoms with van der Waals surface area (Å²) in [6.45, 7) is 2.67. The summed E-state index contributed by atoms with van der Waals surface area (Å²) in [5, 5.41) is 0. The van der Waals surface area contributed by atoms with Crippen molar-refractivity contribution >= 4 is 17.5 Å². The maximum absolute atomic E-state index is 12.4. The second-order valence-corrected chi connectivity index (χ2v) is 6.42. The van der Waals surface area contributed by atoms with Gasteiger partial charge in [0.15, 0.2) is 11.5 Å². The van der Waals surface area contributed by atoms with E-state index in [1.165, 1.54) is 7.11 Å². The van der Waals surface area contributed by atoms with Crippen molar-refractivity contribution in [2.45, 2.75) is 19.8 Å². The molecule has 0 spiro atoms. The Bertz CT molecular complexity index is 821. The highest BCUT2D eigenvalue weighted by Gasteiger charge is 2.13. The van der Waals surface area contributed by atoms with Gasteiger partial charge in [0.1, 0.15) is 0 Å². The summed E-state index contributed by atoms with van der Waals surface area (Å²) in [5.74, 6) is 0.199. The van der Waals surface area contributed by atoms with Crippen LogP contribution in [-0.4, -0.2) is 39.6 Å². The summed E-state index contributed by atoms with van der Waals surface area (Å²) in [7, 11) is 5.30. The van der Waals surface area contributed by atoms with Gasteiger partial charge in [0.25, 0.3) is 11.8 Å². The van der Waals surface area contributed by atoms with Crippen molar-refractivity contribution < 1.29 is 19.1 Å². The molecule has 0 aliphatic carbocycles. The Hall–Kier alpha value is -3.22. The first-order valence-corrected chi connectivity index (χ1v) is 9.15. The molecule has 0 fully saturated rings. The highest BCUT2D eigenvalue weighted by Crippen LogP contribution is 2.28. The minimum absolute atomic E-state index is 0.349. The van der Waals surface area contributed by atoms with E-state index in [4.69, 9.17) is 9.47 Å². The Morgan fingerprint density at radius 2 is 1.64 bits per heavy atom. The third kappa shape index (κ3) is 5.64. The molecule has 0 aliphatic heterocycles. The molecule has 0 radical (unpaired) electrons. The van der Waals surface area contributed by atoms with Crippen LogP contribution >= 0.6 is 0 Å². The number of ether oxygens (including phenoxy) is 2. The van der Waals surface area contributed by atoms with Gasteiger partial charge in [-0.2, -0.15) is 0 Å². The molecular weight excluding hydrogens is 358 g/mol. The standard InChI is InChI=1S/C21H27N3O4/c1-5-6-12-28-18-11-10-16(14-19(18)27-4)21(26)23-22-20(25)15-8-7-9-17(13-15)24(2)3/h7-11,13-14H,5-6,12H2,1-4H3,(H,22,25)(H,23,26). The number of hydrazine groups is 1. The van der Waals surface area contributed by atoms with Gasteiger partial charge in [-0.05, 0) is 42.8 Å². The SMILES string of the molecule is CCCCOc1ccc(C(=O)NNC(=O)c2cccc(N(C)C)c2)cc1OC. The quantitative estimate of drug-likeness (QED) is 0.539. The fraction of sp³-hybridized carbons (Fsp3) is 0.333. The lowest BCUT2D eigenvalue weighted by atomic mass is 10.2. The van der Waals surface area contributed by atoms with Crippen LogP contribution in [0.15, 0.2) is 42.5 Å². The molecular formula is C21H27N3O4. The monoisotopic (exact) mass is 385 g/mol. The normalized spacial score (nSPS) is 10.1. The van der Waals surface area contributed by atoms with E-state index in [0.717, 1.165) is 18.5 Å². The van der Waals surface area contributed by atoms with Crippen molar-refractivity contribution in [3.8, 4) is 11.5 Å². The molecule has 2 N–H and O–H groups in total. The number of rotatable bonds is 8. The first-order valence-electron chi connectivity index (χ1n) is 9.15. The molecule has 0 atom stereocenters. The van der Waals surface area contributed by atoms with Crippen LogP contribution < -0.4 is 25.2 Å². The Balaban J connectivity index is 2.00. The lowest BCUT2D eigenvalue weighted by molar-refractivity contribution is 0.0846. The van der Waals surface area contributed by atoms with Crippen LogP contribution in [0.3, 0.4) is 0 Å². The minimum Gasteiger partial charge on any atom is -0.493 e. The van der Waals surface area contributed by atoms with E-state index < -0.39 is 11.8 Å². The third-order valence-electron chi connectivity index (χ3n) is 4.10. The number of unbranched alkanes of at least 4 members (excludes halogenated alkanes) is 1. The van der Waals surface area contributed by atoms with Crippen molar-refractivity contribution in [2.75, 3.05) is 32.7 Å². The van der Waals surface area contributed by atoms with E-state index >= 15 is 0 Å².